The molecule has 1 fully saturated rings. The quantitative estimate of drug-likeness (QED) is 0.829. The number of ether oxygens (including phenoxy) is 2. The lowest BCUT2D eigenvalue weighted by Crippen LogP contribution is -2.48. The fraction of sp³-hybridized carbons (Fsp3) is 0.667. The van der Waals surface area contributed by atoms with E-state index in [-0.39, 0.29) is 18.2 Å². The van der Waals surface area contributed by atoms with E-state index in [9.17, 15) is 0 Å². The molecule has 0 saturated carbocycles. The van der Waals surface area contributed by atoms with Gasteiger partial charge in [0.2, 0.25) is 0 Å². The number of morpholine rings is 1. The van der Waals surface area contributed by atoms with E-state index in [1.807, 2.05) is 20.2 Å². The molecule has 1 heterocycles. The van der Waals surface area contributed by atoms with Crippen LogP contribution in [0, 0.1) is 0 Å². The summed E-state index contributed by atoms with van der Waals surface area (Å²) in [4.78, 5) is 4.54. The first-order valence-electron chi connectivity index (χ1n) is 8.46. The minimum atomic E-state index is 0.209. The molecule has 0 amide bonds. The van der Waals surface area contributed by atoms with Gasteiger partial charge in [0.1, 0.15) is 12.4 Å². The van der Waals surface area contributed by atoms with E-state index in [0.29, 0.717) is 13.2 Å². The summed E-state index contributed by atoms with van der Waals surface area (Å²) in [5.74, 6) is 0.914. The molecule has 5 heteroatoms. The SMILES string of the molecule is CC1CN(C(CN)c2cccc(OCCN(C)C)c2)CC(C)O1. The van der Waals surface area contributed by atoms with Crippen LogP contribution in [0.1, 0.15) is 25.5 Å². The van der Waals surface area contributed by atoms with E-state index >= 15 is 0 Å². The van der Waals surface area contributed by atoms with Gasteiger partial charge in [0, 0.05) is 32.2 Å². The Kier molecular flexibility index (Phi) is 6.84. The normalized spacial score (nSPS) is 23.9. The minimum Gasteiger partial charge on any atom is -0.492 e. The molecule has 3 unspecified atom stereocenters. The van der Waals surface area contributed by atoms with Crippen LogP contribution in [-0.2, 0) is 4.74 Å². The number of benzene rings is 1. The predicted octanol–water partition coefficient (Wildman–Crippen LogP) is 1.74. The lowest BCUT2D eigenvalue weighted by atomic mass is 10.0. The average molecular weight is 321 g/mol. The van der Waals surface area contributed by atoms with Crippen molar-refractivity contribution in [2.24, 2.45) is 5.73 Å². The van der Waals surface area contributed by atoms with Gasteiger partial charge in [-0.15, -0.1) is 0 Å². The Bertz CT molecular complexity index is 471. The number of rotatable bonds is 7. The summed E-state index contributed by atoms with van der Waals surface area (Å²) in [5, 5.41) is 0. The number of nitrogens with two attached hydrogens (primary N) is 1. The largest absolute Gasteiger partial charge is 0.492 e. The van der Waals surface area contributed by atoms with Gasteiger partial charge in [0.05, 0.1) is 12.2 Å². The zero-order valence-corrected chi connectivity index (χ0v) is 14.9. The van der Waals surface area contributed by atoms with Crippen LogP contribution in [-0.4, -0.2) is 68.9 Å². The zero-order chi connectivity index (χ0) is 16.8. The van der Waals surface area contributed by atoms with E-state index in [1.165, 1.54) is 5.56 Å². The second-order valence-corrected chi connectivity index (χ2v) is 6.69. The topological polar surface area (TPSA) is 51.0 Å². The summed E-state index contributed by atoms with van der Waals surface area (Å²) < 4.78 is 11.7. The van der Waals surface area contributed by atoms with Crippen molar-refractivity contribution >= 4 is 0 Å². The Balaban J connectivity index is 2.05. The molecule has 2 N–H and O–H groups in total. The molecule has 0 bridgehead atoms. The van der Waals surface area contributed by atoms with Crippen molar-refractivity contribution in [3.63, 3.8) is 0 Å². The lowest BCUT2D eigenvalue weighted by Gasteiger charge is -2.40. The summed E-state index contributed by atoms with van der Waals surface area (Å²) in [6.45, 7) is 8.27. The number of nitrogens with zero attached hydrogens (tertiary/aromatic N) is 2. The maximum Gasteiger partial charge on any atom is 0.119 e. The molecule has 0 spiro atoms. The first kappa shape index (κ1) is 18.2. The Morgan fingerprint density at radius 2 is 2.00 bits per heavy atom. The molecular formula is C18H31N3O2. The zero-order valence-electron chi connectivity index (χ0n) is 14.9. The van der Waals surface area contributed by atoms with E-state index < -0.39 is 0 Å². The molecule has 2 rings (SSSR count). The first-order chi connectivity index (χ1) is 11.0. The Morgan fingerprint density at radius 3 is 2.61 bits per heavy atom. The van der Waals surface area contributed by atoms with Crippen molar-refractivity contribution < 1.29 is 9.47 Å². The van der Waals surface area contributed by atoms with Crippen LogP contribution in [0.3, 0.4) is 0 Å². The van der Waals surface area contributed by atoms with Crippen molar-refractivity contribution in [1.82, 2.24) is 9.80 Å². The molecule has 1 aliphatic rings. The highest BCUT2D eigenvalue weighted by molar-refractivity contribution is 5.31. The lowest BCUT2D eigenvalue weighted by molar-refractivity contribution is -0.0799. The summed E-state index contributed by atoms with van der Waals surface area (Å²) in [5.41, 5.74) is 7.31. The number of hydrogen-bond donors (Lipinski definition) is 1. The van der Waals surface area contributed by atoms with Crippen LogP contribution < -0.4 is 10.5 Å². The molecule has 1 aromatic carbocycles. The highest BCUT2D eigenvalue weighted by Crippen LogP contribution is 2.26. The van der Waals surface area contributed by atoms with Gasteiger partial charge < -0.3 is 20.1 Å². The van der Waals surface area contributed by atoms with Crippen LogP contribution >= 0.6 is 0 Å². The summed E-state index contributed by atoms with van der Waals surface area (Å²) >= 11 is 0. The van der Waals surface area contributed by atoms with E-state index in [4.69, 9.17) is 15.2 Å². The monoisotopic (exact) mass is 321 g/mol. The van der Waals surface area contributed by atoms with Gasteiger partial charge in [-0.1, -0.05) is 12.1 Å². The third-order valence-electron chi connectivity index (χ3n) is 4.16. The maximum absolute atomic E-state index is 6.09. The Labute approximate surface area is 140 Å². The fourth-order valence-corrected chi connectivity index (χ4v) is 3.13. The van der Waals surface area contributed by atoms with E-state index in [0.717, 1.165) is 25.4 Å². The van der Waals surface area contributed by atoms with E-state index in [2.05, 4.69) is 41.8 Å². The highest BCUT2D eigenvalue weighted by Gasteiger charge is 2.28. The van der Waals surface area contributed by atoms with Gasteiger partial charge in [0.15, 0.2) is 0 Å². The van der Waals surface area contributed by atoms with Gasteiger partial charge in [-0.25, -0.2) is 0 Å². The molecule has 5 nitrogen and oxygen atoms in total. The van der Waals surface area contributed by atoms with Crippen molar-refractivity contribution in [3.05, 3.63) is 29.8 Å². The van der Waals surface area contributed by atoms with Gasteiger partial charge in [-0.05, 0) is 45.6 Å². The van der Waals surface area contributed by atoms with E-state index in [1.54, 1.807) is 0 Å². The van der Waals surface area contributed by atoms with Crippen LogP contribution in [0.15, 0.2) is 24.3 Å². The number of hydrogen-bond acceptors (Lipinski definition) is 5. The standard InChI is InChI=1S/C18H31N3O2/c1-14-12-21(13-15(2)23-14)18(11-19)16-6-5-7-17(10-16)22-9-8-20(3)4/h5-7,10,14-15,18H,8-9,11-13,19H2,1-4H3. The molecule has 0 aromatic heterocycles. The van der Waals surface area contributed by atoms with Crippen molar-refractivity contribution in [1.29, 1.82) is 0 Å². The van der Waals surface area contributed by atoms with Crippen molar-refractivity contribution in [2.45, 2.75) is 32.1 Å². The summed E-state index contributed by atoms with van der Waals surface area (Å²) in [6.07, 6.45) is 0.486. The van der Waals surface area contributed by atoms with Gasteiger partial charge in [-0.3, -0.25) is 4.90 Å². The molecule has 1 aromatic rings. The minimum absolute atomic E-state index is 0.209. The predicted molar refractivity (Wildman–Crippen MR) is 93.9 cm³/mol. The summed E-state index contributed by atoms with van der Waals surface area (Å²) in [7, 11) is 4.09. The molecule has 0 aliphatic carbocycles. The van der Waals surface area contributed by atoms with Crippen LogP contribution in [0.5, 0.6) is 5.75 Å². The third kappa shape index (κ3) is 5.46. The summed E-state index contributed by atoms with van der Waals surface area (Å²) in [6, 6.07) is 8.54. The van der Waals surface area contributed by atoms with Crippen LogP contribution in [0.4, 0.5) is 0 Å². The smallest absolute Gasteiger partial charge is 0.119 e. The molecule has 0 radical (unpaired) electrons. The highest BCUT2D eigenvalue weighted by atomic mass is 16.5. The second-order valence-electron chi connectivity index (χ2n) is 6.69. The molecule has 1 saturated heterocycles. The Hall–Kier alpha value is -1.14. The number of likely N-dealkylation sites (N-methyl/N-ethyl adjacent to an activating group) is 1. The first-order valence-corrected chi connectivity index (χ1v) is 8.46. The van der Waals surface area contributed by atoms with Crippen LogP contribution in [0.25, 0.3) is 0 Å². The van der Waals surface area contributed by atoms with Crippen molar-refractivity contribution in [3.8, 4) is 5.75 Å². The Morgan fingerprint density at radius 1 is 1.30 bits per heavy atom. The molecule has 1 aliphatic heterocycles. The van der Waals surface area contributed by atoms with Gasteiger partial charge in [-0.2, -0.15) is 0 Å². The average Bonchev–Trinajstić information content (AvgIpc) is 2.47. The second kappa shape index (κ2) is 8.64. The maximum atomic E-state index is 6.09. The molecule has 23 heavy (non-hydrogen) atoms. The van der Waals surface area contributed by atoms with Crippen LogP contribution in [0.2, 0.25) is 0 Å². The fourth-order valence-electron chi connectivity index (χ4n) is 3.13. The van der Waals surface area contributed by atoms with Crippen molar-refractivity contribution in [2.75, 3.05) is 46.9 Å². The van der Waals surface area contributed by atoms with Gasteiger partial charge >= 0.3 is 0 Å². The molecule has 3 atom stereocenters. The third-order valence-corrected chi connectivity index (χ3v) is 4.16. The van der Waals surface area contributed by atoms with Gasteiger partial charge in [0.25, 0.3) is 0 Å². The molecule has 130 valence electrons. The molecular weight excluding hydrogens is 290 g/mol.